The number of anilines is 2. The molecule has 0 saturated carbocycles. The first-order chi connectivity index (χ1) is 10.5. The number of benzene rings is 2. The standard InChI is InChI=1S/C15H13ClN4O2/c16-11-5-8(1-4-13(11)21)6-14(22)18-9-2-3-12-10(7-9)15(17)20-19-12/h1-5,7,21H,6H2,(H,18,22)(H3,17,19,20). The van der Waals surface area contributed by atoms with Crippen molar-refractivity contribution in [1.29, 1.82) is 0 Å². The zero-order valence-electron chi connectivity index (χ0n) is 11.4. The predicted molar refractivity (Wildman–Crippen MR) is 86.0 cm³/mol. The number of nitrogens with one attached hydrogen (secondary N) is 2. The number of nitrogens with two attached hydrogens (primary N) is 1. The van der Waals surface area contributed by atoms with Crippen LogP contribution in [0.1, 0.15) is 5.56 Å². The Balaban J connectivity index is 1.74. The van der Waals surface area contributed by atoms with Gasteiger partial charge in [0.1, 0.15) is 5.75 Å². The fourth-order valence-electron chi connectivity index (χ4n) is 2.16. The summed E-state index contributed by atoms with van der Waals surface area (Å²) in [5.74, 6) is 0.186. The summed E-state index contributed by atoms with van der Waals surface area (Å²) < 4.78 is 0. The molecule has 0 radical (unpaired) electrons. The van der Waals surface area contributed by atoms with Crippen molar-refractivity contribution in [2.24, 2.45) is 0 Å². The maximum Gasteiger partial charge on any atom is 0.228 e. The van der Waals surface area contributed by atoms with E-state index in [0.29, 0.717) is 17.1 Å². The van der Waals surface area contributed by atoms with Gasteiger partial charge < -0.3 is 16.2 Å². The second-order valence-electron chi connectivity index (χ2n) is 4.88. The van der Waals surface area contributed by atoms with Crippen LogP contribution in [-0.2, 0) is 11.2 Å². The molecule has 0 fully saturated rings. The lowest BCUT2D eigenvalue weighted by Gasteiger charge is -2.06. The van der Waals surface area contributed by atoms with Crippen molar-refractivity contribution in [2.45, 2.75) is 6.42 Å². The monoisotopic (exact) mass is 316 g/mol. The molecule has 0 aliphatic carbocycles. The number of phenolic OH excluding ortho intramolecular Hbond substituents is 1. The summed E-state index contributed by atoms with van der Waals surface area (Å²) in [6, 6.07) is 10.00. The van der Waals surface area contributed by atoms with Crippen molar-refractivity contribution in [1.82, 2.24) is 10.2 Å². The van der Waals surface area contributed by atoms with Crippen molar-refractivity contribution in [3.8, 4) is 5.75 Å². The van der Waals surface area contributed by atoms with Crippen LogP contribution in [0.4, 0.5) is 11.5 Å². The summed E-state index contributed by atoms with van der Waals surface area (Å²) in [5.41, 5.74) is 7.89. The van der Waals surface area contributed by atoms with Gasteiger partial charge in [-0.1, -0.05) is 17.7 Å². The molecule has 0 aliphatic rings. The Morgan fingerprint density at radius 3 is 2.91 bits per heavy atom. The molecule has 112 valence electrons. The molecule has 1 aromatic heterocycles. The second kappa shape index (κ2) is 5.57. The number of phenols is 1. The molecule has 6 nitrogen and oxygen atoms in total. The summed E-state index contributed by atoms with van der Waals surface area (Å²) in [5, 5.41) is 19.8. The molecule has 1 amide bonds. The van der Waals surface area contributed by atoms with Crippen LogP contribution >= 0.6 is 11.6 Å². The molecule has 7 heteroatoms. The molecule has 0 spiro atoms. The lowest BCUT2D eigenvalue weighted by molar-refractivity contribution is -0.115. The van der Waals surface area contributed by atoms with Gasteiger partial charge in [0, 0.05) is 11.1 Å². The zero-order valence-corrected chi connectivity index (χ0v) is 12.2. The molecule has 3 rings (SSSR count). The number of aromatic amines is 1. The quantitative estimate of drug-likeness (QED) is 0.596. The van der Waals surface area contributed by atoms with Gasteiger partial charge in [-0.15, -0.1) is 0 Å². The van der Waals surface area contributed by atoms with E-state index in [1.54, 1.807) is 30.3 Å². The molecule has 2 aromatic carbocycles. The van der Waals surface area contributed by atoms with Crippen LogP contribution in [0, 0.1) is 0 Å². The van der Waals surface area contributed by atoms with E-state index in [4.69, 9.17) is 17.3 Å². The van der Waals surface area contributed by atoms with Crippen LogP contribution < -0.4 is 11.1 Å². The van der Waals surface area contributed by atoms with Gasteiger partial charge in [-0.05, 0) is 35.9 Å². The summed E-state index contributed by atoms with van der Waals surface area (Å²) in [6.45, 7) is 0. The molecule has 22 heavy (non-hydrogen) atoms. The maximum absolute atomic E-state index is 12.1. The highest BCUT2D eigenvalue weighted by atomic mass is 35.5. The number of fused-ring (bicyclic) bond motifs is 1. The van der Waals surface area contributed by atoms with E-state index in [1.807, 2.05) is 0 Å². The van der Waals surface area contributed by atoms with E-state index >= 15 is 0 Å². The highest BCUT2D eigenvalue weighted by Crippen LogP contribution is 2.24. The number of hydrogen-bond donors (Lipinski definition) is 4. The third-order valence-electron chi connectivity index (χ3n) is 3.25. The predicted octanol–water partition coefficient (Wildman–Crippen LogP) is 2.69. The minimum atomic E-state index is -0.192. The molecular formula is C15H13ClN4O2. The van der Waals surface area contributed by atoms with Gasteiger partial charge in [-0.25, -0.2) is 0 Å². The Hall–Kier alpha value is -2.73. The van der Waals surface area contributed by atoms with Crippen molar-refractivity contribution in [2.75, 3.05) is 11.1 Å². The number of aromatic nitrogens is 2. The van der Waals surface area contributed by atoms with Gasteiger partial charge in [-0.3, -0.25) is 9.89 Å². The van der Waals surface area contributed by atoms with Gasteiger partial charge in [0.25, 0.3) is 0 Å². The van der Waals surface area contributed by atoms with E-state index in [-0.39, 0.29) is 23.1 Å². The molecule has 0 bridgehead atoms. The molecule has 0 aliphatic heterocycles. The minimum absolute atomic E-state index is 0.00768. The maximum atomic E-state index is 12.1. The number of carbonyl (C=O) groups is 1. The fourth-order valence-corrected chi connectivity index (χ4v) is 2.37. The summed E-state index contributed by atoms with van der Waals surface area (Å²) >= 11 is 5.82. The average molecular weight is 317 g/mol. The average Bonchev–Trinajstić information content (AvgIpc) is 2.84. The molecule has 0 saturated heterocycles. The highest BCUT2D eigenvalue weighted by Gasteiger charge is 2.08. The summed E-state index contributed by atoms with van der Waals surface area (Å²) in [7, 11) is 0. The number of H-pyrrole nitrogens is 1. The Morgan fingerprint density at radius 1 is 1.32 bits per heavy atom. The number of rotatable bonds is 3. The topological polar surface area (TPSA) is 104 Å². The van der Waals surface area contributed by atoms with Crippen molar-refractivity contribution in [3.05, 3.63) is 47.0 Å². The number of halogens is 1. The first-order valence-corrected chi connectivity index (χ1v) is 6.91. The van der Waals surface area contributed by atoms with Crippen molar-refractivity contribution in [3.63, 3.8) is 0 Å². The molecule has 3 aromatic rings. The van der Waals surface area contributed by atoms with E-state index < -0.39 is 0 Å². The SMILES string of the molecule is Nc1n[nH]c2ccc(NC(=O)Cc3ccc(O)c(Cl)c3)cc12. The van der Waals surface area contributed by atoms with Crippen molar-refractivity contribution < 1.29 is 9.90 Å². The van der Waals surface area contributed by atoms with Gasteiger partial charge in [0.05, 0.1) is 17.0 Å². The number of nitrogen functional groups attached to an aromatic ring is 1. The summed E-state index contributed by atoms with van der Waals surface area (Å²) in [4.78, 5) is 12.1. The third-order valence-corrected chi connectivity index (χ3v) is 3.56. The number of hydrogen-bond acceptors (Lipinski definition) is 4. The second-order valence-corrected chi connectivity index (χ2v) is 5.29. The van der Waals surface area contributed by atoms with Gasteiger partial charge in [0.15, 0.2) is 5.82 Å². The molecule has 1 heterocycles. The number of amides is 1. The Kier molecular flexibility index (Phi) is 3.60. The third kappa shape index (κ3) is 2.82. The van der Waals surface area contributed by atoms with Crippen LogP contribution in [0.5, 0.6) is 5.75 Å². The molecule has 0 unspecified atom stereocenters. The lowest BCUT2D eigenvalue weighted by Crippen LogP contribution is -2.14. The normalized spacial score (nSPS) is 10.8. The molecule has 5 N–H and O–H groups in total. The molecular weight excluding hydrogens is 304 g/mol. The minimum Gasteiger partial charge on any atom is -0.506 e. The van der Waals surface area contributed by atoms with E-state index in [9.17, 15) is 9.90 Å². The number of carbonyl (C=O) groups excluding carboxylic acids is 1. The van der Waals surface area contributed by atoms with Crippen LogP contribution in [0.25, 0.3) is 10.9 Å². The van der Waals surface area contributed by atoms with E-state index in [1.165, 1.54) is 6.07 Å². The largest absolute Gasteiger partial charge is 0.506 e. The fraction of sp³-hybridized carbons (Fsp3) is 0.0667. The Morgan fingerprint density at radius 2 is 2.14 bits per heavy atom. The van der Waals surface area contributed by atoms with Gasteiger partial charge in [0.2, 0.25) is 5.91 Å². The van der Waals surface area contributed by atoms with E-state index in [0.717, 1.165) is 10.9 Å². The number of nitrogens with zero attached hydrogens (tertiary/aromatic N) is 1. The zero-order chi connectivity index (χ0) is 15.7. The van der Waals surface area contributed by atoms with Crippen LogP contribution in [0.3, 0.4) is 0 Å². The van der Waals surface area contributed by atoms with Gasteiger partial charge in [-0.2, -0.15) is 5.10 Å². The number of aromatic hydroxyl groups is 1. The van der Waals surface area contributed by atoms with Gasteiger partial charge >= 0.3 is 0 Å². The first-order valence-electron chi connectivity index (χ1n) is 6.54. The Bertz CT molecular complexity index is 860. The summed E-state index contributed by atoms with van der Waals surface area (Å²) in [6.07, 6.45) is 0.152. The van der Waals surface area contributed by atoms with Crippen LogP contribution in [0.15, 0.2) is 36.4 Å². The smallest absolute Gasteiger partial charge is 0.228 e. The molecule has 0 atom stereocenters. The van der Waals surface area contributed by atoms with Crippen molar-refractivity contribution >= 4 is 39.9 Å². The van der Waals surface area contributed by atoms with Crippen LogP contribution in [-0.4, -0.2) is 21.2 Å². The highest BCUT2D eigenvalue weighted by molar-refractivity contribution is 6.32. The van der Waals surface area contributed by atoms with Crippen LogP contribution in [0.2, 0.25) is 5.02 Å². The van der Waals surface area contributed by atoms with E-state index in [2.05, 4.69) is 15.5 Å². The lowest BCUT2D eigenvalue weighted by atomic mass is 10.1. The Labute approximate surface area is 130 Å². The first kappa shape index (κ1) is 14.2.